The van der Waals surface area contributed by atoms with Crippen LogP contribution in [-0.4, -0.2) is 31.1 Å². The summed E-state index contributed by atoms with van der Waals surface area (Å²) in [6.45, 7) is 3.54. The standard InChI is InChI=1S/C14H17Cl2NO4/c1-9(2)21-14(19)3-4-17-13(18)8-20-12-6-10(15)5-11(16)7-12/h5-7,9H,3-4,8H2,1-2H3,(H,17,18). The number of esters is 1. The van der Waals surface area contributed by atoms with E-state index in [1.807, 2.05) is 0 Å². The lowest BCUT2D eigenvalue weighted by atomic mass is 10.3. The predicted octanol–water partition coefficient (Wildman–Crippen LogP) is 2.83. The Balaban J connectivity index is 2.26. The highest BCUT2D eigenvalue weighted by atomic mass is 35.5. The van der Waals surface area contributed by atoms with Crippen molar-refractivity contribution in [1.82, 2.24) is 5.32 Å². The number of amides is 1. The van der Waals surface area contributed by atoms with Gasteiger partial charge in [-0.2, -0.15) is 0 Å². The smallest absolute Gasteiger partial charge is 0.307 e. The molecule has 0 unspecified atom stereocenters. The van der Waals surface area contributed by atoms with Gasteiger partial charge in [-0.25, -0.2) is 0 Å². The molecule has 5 nitrogen and oxygen atoms in total. The van der Waals surface area contributed by atoms with Gasteiger partial charge in [0.15, 0.2) is 6.61 Å². The molecule has 0 bridgehead atoms. The zero-order valence-corrected chi connectivity index (χ0v) is 13.3. The molecule has 1 aromatic rings. The van der Waals surface area contributed by atoms with E-state index in [9.17, 15) is 9.59 Å². The molecule has 0 radical (unpaired) electrons. The third-order valence-corrected chi connectivity index (χ3v) is 2.66. The molecule has 1 amide bonds. The molecule has 0 saturated heterocycles. The Morgan fingerprint density at radius 1 is 1.19 bits per heavy atom. The highest BCUT2D eigenvalue weighted by Crippen LogP contribution is 2.23. The van der Waals surface area contributed by atoms with E-state index in [4.69, 9.17) is 32.7 Å². The summed E-state index contributed by atoms with van der Waals surface area (Å²) in [7, 11) is 0. The maximum atomic E-state index is 11.5. The van der Waals surface area contributed by atoms with Crippen LogP contribution < -0.4 is 10.1 Å². The average Bonchev–Trinajstić information content (AvgIpc) is 2.34. The molecule has 0 aliphatic heterocycles. The summed E-state index contributed by atoms with van der Waals surface area (Å²) in [5.41, 5.74) is 0. The van der Waals surface area contributed by atoms with Gasteiger partial charge in [0.1, 0.15) is 5.75 Å². The fourth-order valence-corrected chi connectivity index (χ4v) is 1.94. The summed E-state index contributed by atoms with van der Waals surface area (Å²) in [5, 5.41) is 3.41. The number of nitrogens with one attached hydrogen (secondary N) is 1. The van der Waals surface area contributed by atoms with Crippen LogP contribution in [0.3, 0.4) is 0 Å². The number of ether oxygens (including phenoxy) is 2. The number of hydrogen-bond acceptors (Lipinski definition) is 4. The van der Waals surface area contributed by atoms with Crippen LogP contribution in [0.15, 0.2) is 18.2 Å². The monoisotopic (exact) mass is 333 g/mol. The second-order valence-electron chi connectivity index (χ2n) is 4.53. The quantitative estimate of drug-likeness (QED) is 0.779. The van der Waals surface area contributed by atoms with Gasteiger partial charge >= 0.3 is 5.97 Å². The Kier molecular flexibility index (Phi) is 7.32. The van der Waals surface area contributed by atoms with E-state index in [-0.39, 0.29) is 37.6 Å². The lowest BCUT2D eigenvalue weighted by Gasteiger charge is -2.09. The third-order valence-electron chi connectivity index (χ3n) is 2.22. The summed E-state index contributed by atoms with van der Waals surface area (Å²) in [4.78, 5) is 22.8. The Morgan fingerprint density at radius 3 is 2.38 bits per heavy atom. The molecular formula is C14H17Cl2NO4. The minimum Gasteiger partial charge on any atom is -0.484 e. The summed E-state index contributed by atoms with van der Waals surface area (Å²) >= 11 is 11.6. The number of carbonyl (C=O) groups is 2. The van der Waals surface area contributed by atoms with Gasteiger partial charge in [-0.1, -0.05) is 23.2 Å². The number of hydrogen-bond donors (Lipinski definition) is 1. The zero-order valence-electron chi connectivity index (χ0n) is 11.8. The number of rotatable bonds is 7. The van der Waals surface area contributed by atoms with Crippen molar-refractivity contribution in [2.75, 3.05) is 13.2 Å². The fraction of sp³-hybridized carbons (Fsp3) is 0.429. The molecule has 21 heavy (non-hydrogen) atoms. The van der Waals surface area contributed by atoms with Crippen molar-refractivity contribution in [2.24, 2.45) is 0 Å². The minimum absolute atomic E-state index is 0.118. The van der Waals surface area contributed by atoms with Gasteiger partial charge in [0.05, 0.1) is 12.5 Å². The molecule has 1 rings (SSSR count). The maximum Gasteiger partial charge on any atom is 0.307 e. The summed E-state index contributed by atoms with van der Waals surface area (Å²) in [5.74, 6) is -0.293. The van der Waals surface area contributed by atoms with Gasteiger partial charge in [0.25, 0.3) is 5.91 Å². The topological polar surface area (TPSA) is 64.6 Å². The molecule has 0 spiro atoms. The van der Waals surface area contributed by atoms with E-state index in [0.717, 1.165) is 0 Å². The summed E-state index contributed by atoms with van der Waals surface area (Å²) in [6, 6.07) is 4.68. The van der Waals surface area contributed by atoms with Crippen molar-refractivity contribution < 1.29 is 19.1 Å². The molecule has 7 heteroatoms. The Labute approximate surface area is 133 Å². The van der Waals surface area contributed by atoms with Crippen LogP contribution in [0, 0.1) is 0 Å². The number of benzene rings is 1. The van der Waals surface area contributed by atoms with E-state index < -0.39 is 0 Å². The second-order valence-corrected chi connectivity index (χ2v) is 5.41. The average molecular weight is 334 g/mol. The van der Waals surface area contributed by atoms with Crippen LogP contribution in [0.4, 0.5) is 0 Å². The molecule has 0 heterocycles. The maximum absolute atomic E-state index is 11.5. The van der Waals surface area contributed by atoms with E-state index in [2.05, 4.69) is 5.32 Å². The summed E-state index contributed by atoms with van der Waals surface area (Å²) in [6.07, 6.45) is -0.0449. The lowest BCUT2D eigenvalue weighted by molar-refractivity contribution is -0.147. The minimum atomic E-state index is -0.354. The normalized spacial score (nSPS) is 10.3. The van der Waals surface area contributed by atoms with Crippen LogP contribution in [0.25, 0.3) is 0 Å². The van der Waals surface area contributed by atoms with Crippen LogP contribution in [-0.2, 0) is 14.3 Å². The van der Waals surface area contributed by atoms with Crippen LogP contribution in [0.1, 0.15) is 20.3 Å². The first-order valence-corrected chi connectivity index (χ1v) is 7.17. The van der Waals surface area contributed by atoms with Gasteiger partial charge in [-0.3, -0.25) is 9.59 Å². The van der Waals surface area contributed by atoms with Gasteiger partial charge in [0, 0.05) is 16.6 Å². The molecule has 0 fully saturated rings. The molecule has 1 aromatic carbocycles. The summed E-state index contributed by atoms with van der Waals surface area (Å²) < 4.78 is 10.2. The van der Waals surface area contributed by atoms with Crippen molar-refractivity contribution in [3.63, 3.8) is 0 Å². The van der Waals surface area contributed by atoms with Crippen molar-refractivity contribution in [2.45, 2.75) is 26.4 Å². The van der Waals surface area contributed by atoms with Gasteiger partial charge in [-0.15, -0.1) is 0 Å². The molecule has 0 aliphatic carbocycles. The largest absolute Gasteiger partial charge is 0.484 e. The molecule has 0 aromatic heterocycles. The van der Waals surface area contributed by atoms with Crippen molar-refractivity contribution in [1.29, 1.82) is 0 Å². The van der Waals surface area contributed by atoms with Crippen LogP contribution >= 0.6 is 23.2 Å². The van der Waals surface area contributed by atoms with Crippen molar-refractivity contribution >= 4 is 35.1 Å². The van der Waals surface area contributed by atoms with Crippen molar-refractivity contribution in [3.8, 4) is 5.75 Å². The first-order valence-electron chi connectivity index (χ1n) is 6.42. The molecule has 0 saturated carbocycles. The highest BCUT2D eigenvalue weighted by Gasteiger charge is 2.08. The van der Waals surface area contributed by atoms with Crippen LogP contribution in [0.5, 0.6) is 5.75 Å². The van der Waals surface area contributed by atoms with E-state index >= 15 is 0 Å². The molecular weight excluding hydrogens is 317 g/mol. The van der Waals surface area contributed by atoms with Crippen LogP contribution in [0.2, 0.25) is 10.0 Å². The predicted molar refractivity (Wildman–Crippen MR) is 80.8 cm³/mol. The van der Waals surface area contributed by atoms with Gasteiger partial charge in [0.2, 0.25) is 0 Å². The zero-order chi connectivity index (χ0) is 15.8. The Morgan fingerprint density at radius 2 is 1.81 bits per heavy atom. The fourth-order valence-electron chi connectivity index (χ4n) is 1.44. The Hall–Kier alpha value is -1.46. The highest BCUT2D eigenvalue weighted by molar-refractivity contribution is 6.34. The SMILES string of the molecule is CC(C)OC(=O)CCNC(=O)COc1cc(Cl)cc(Cl)c1. The van der Waals surface area contributed by atoms with Crippen molar-refractivity contribution in [3.05, 3.63) is 28.2 Å². The lowest BCUT2D eigenvalue weighted by Crippen LogP contribution is -2.31. The number of carbonyl (C=O) groups excluding carboxylic acids is 2. The van der Waals surface area contributed by atoms with Gasteiger partial charge in [-0.05, 0) is 32.0 Å². The molecule has 0 aliphatic rings. The molecule has 116 valence electrons. The van der Waals surface area contributed by atoms with E-state index in [1.165, 1.54) is 0 Å². The van der Waals surface area contributed by atoms with Gasteiger partial charge < -0.3 is 14.8 Å². The third kappa shape index (κ3) is 7.78. The first kappa shape index (κ1) is 17.6. The first-order chi connectivity index (χ1) is 9.86. The van der Waals surface area contributed by atoms with E-state index in [0.29, 0.717) is 15.8 Å². The second kappa shape index (κ2) is 8.74. The molecule has 0 atom stereocenters. The van der Waals surface area contributed by atoms with E-state index in [1.54, 1.807) is 32.0 Å². The molecule has 1 N–H and O–H groups in total. The number of halogens is 2. The Bertz CT molecular complexity index is 485.